The molecule has 18 heavy (non-hydrogen) atoms. The van der Waals surface area contributed by atoms with E-state index in [0.29, 0.717) is 12.5 Å². The Labute approximate surface area is 117 Å². The van der Waals surface area contributed by atoms with Crippen LogP contribution in [-0.2, 0) is 4.84 Å². The molecule has 4 heteroatoms. The van der Waals surface area contributed by atoms with Crippen molar-refractivity contribution >= 4 is 21.6 Å². The first-order valence-corrected chi connectivity index (χ1v) is 7.27. The molecule has 0 spiro atoms. The van der Waals surface area contributed by atoms with Gasteiger partial charge in [-0.25, -0.2) is 0 Å². The van der Waals surface area contributed by atoms with Crippen molar-refractivity contribution < 1.29 is 4.84 Å². The van der Waals surface area contributed by atoms with Crippen LogP contribution in [0, 0.1) is 5.92 Å². The number of benzene rings is 1. The van der Waals surface area contributed by atoms with Crippen LogP contribution in [0.1, 0.15) is 25.3 Å². The molecule has 0 unspecified atom stereocenters. The minimum Gasteiger partial charge on any atom is -0.396 e. The molecule has 0 amide bonds. The van der Waals surface area contributed by atoms with Crippen molar-refractivity contribution in [3.05, 3.63) is 34.3 Å². The summed E-state index contributed by atoms with van der Waals surface area (Å²) < 4.78 is 1.09. The summed E-state index contributed by atoms with van der Waals surface area (Å²) in [6, 6.07) is 8.31. The first-order valence-electron chi connectivity index (χ1n) is 6.47. The van der Waals surface area contributed by atoms with Gasteiger partial charge in [0, 0.05) is 10.4 Å². The van der Waals surface area contributed by atoms with E-state index in [0.717, 1.165) is 36.1 Å². The van der Waals surface area contributed by atoms with Gasteiger partial charge in [-0.05, 0) is 50.6 Å². The van der Waals surface area contributed by atoms with Crippen molar-refractivity contribution in [1.29, 1.82) is 0 Å². The van der Waals surface area contributed by atoms with Crippen LogP contribution < -0.4 is 5.32 Å². The van der Waals surface area contributed by atoms with Crippen LogP contribution in [0.2, 0.25) is 0 Å². The van der Waals surface area contributed by atoms with E-state index in [9.17, 15) is 0 Å². The lowest BCUT2D eigenvalue weighted by atomic mass is 9.89. The van der Waals surface area contributed by atoms with Crippen LogP contribution in [0.4, 0.5) is 0 Å². The van der Waals surface area contributed by atoms with E-state index in [1.165, 1.54) is 5.56 Å². The Bertz CT molecular complexity index is 397. The van der Waals surface area contributed by atoms with E-state index < -0.39 is 0 Å². The van der Waals surface area contributed by atoms with Crippen LogP contribution in [-0.4, -0.2) is 25.4 Å². The number of nitrogens with one attached hydrogen (secondary N) is 1. The van der Waals surface area contributed by atoms with Crippen LogP contribution in [0.3, 0.4) is 0 Å². The highest BCUT2D eigenvalue weighted by atomic mass is 79.9. The van der Waals surface area contributed by atoms with Gasteiger partial charge in [0.1, 0.15) is 6.61 Å². The fourth-order valence-corrected chi connectivity index (χ4v) is 2.48. The van der Waals surface area contributed by atoms with Crippen LogP contribution in [0.5, 0.6) is 0 Å². The SMILES string of the molecule is CCO/N=C(\c1ccc(Br)cc1)C1CCNCC1. The molecule has 1 aromatic rings. The fourth-order valence-electron chi connectivity index (χ4n) is 2.21. The monoisotopic (exact) mass is 310 g/mol. The second kappa shape index (κ2) is 6.90. The predicted octanol–water partition coefficient (Wildman–Crippen LogP) is 3.19. The van der Waals surface area contributed by atoms with Gasteiger partial charge in [-0.3, -0.25) is 0 Å². The van der Waals surface area contributed by atoms with Crippen LogP contribution in [0.15, 0.2) is 33.9 Å². The molecule has 0 bridgehead atoms. The molecule has 2 rings (SSSR count). The smallest absolute Gasteiger partial charge is 0.114 e. The van der Waals surface area contributed by atoms with Crippen molar-refractivity contribution in [3.8, 4) is 0 Å². The molecule has 0 atom stereocenters. The number of hydrogen-bond donors (Lipinski definition) is 1. The molecule has 1 N–H and O–H groups in total. The van der Waals surface area contributed by atoms with Gasteiger partial charge in [0.25, 0.3) is 0 Å². The van der Waals surface area contributed by atoms with Gasteiger partial charge in [-0.15, -0.1) is 0 Å². The Hall–Kier alpha value is -0.870. The van der Waals surface area contributed by atoms with Crippen LogP contribution in [0.25, 0.3) is 0 Å². The van der Waals surface area contributed by atoms with Crippen molar-refractivity contribution in [2.45, 2.75) is 19.8 Å². The summed E-state index contributed by atoms with van der Waals surface area (Å²) in [5, 5.41) is 7.72. The zero-order valence-electron chi connectivity index (χ0n) is 10.7. The Kier molecular flexibility index (Phi) is 5.20. The third kappa shape index (κ3) is 3.56. The molecule has 1 aromatic carbocycles. The molecule has 0 aromatic heterocycles. The second-order valence-electron chi connectivity index (χ2n) is 4.43. The zero-order chi connectivity index (χ0) is 12.8. The summed E-state index contributed by atoms with van der Waals surface area (Å²) in [6.45, 7) is 4.70. The minimum atomic E-state index is 0.499. The van der Waals surface area contributed by atoms with E-state index >= 15 is 0 Å². The number of halogens is 1. The van der Waals surface area contributed by atoms with Crippen molar-refractivity contribution in [3.63, 3.8) is 0 Å². The Morgan fingerprint density at radius 2 is 2.00 bits per heavy atom. The van der Waals surface area contributed by atoms with Gasteiger partial charge in [0.05, 0.1) is 5.71 Å². The van der Waals surface area contributed by atoms with Gasteiger partial charge < -0.3 is 10.2 Å². The third-order valence-electron chi connectivity index (χ3n) is 3.16. The average Bonchev–Trinajstić information content (AvgIpc) is 2.42. The molecular formula is C14H19BrN2O. The van der Waals surface area contributed by atoms with Crippen molar-refractivity contribution in [1.82, 2.24) is 5.32 Å². The molecule has 1 heterocycles. The molecular weight excluding hydrogens is 292 g/mol. The van der Waals surface area contributed by atoms with E-state index in [-0.39, 0.29) is 0 Å². The Morgan fingerprint density at radius 1 is 1.33 bits per heavy atom. The molecule has 1 fully saturated rings. The van der Waals surface area contributed by atoms with E-state index in [4.69, 9.17) is 4.84 Å². The summed E-state index contributed by atoms with van der Waals surface area (Å²) in [4.78, 5) is 5.29. The summed E-state index contributed by atoms with van der Waals surface area (Å²) >= 11 is 3.46. The number of oxime groups is 1. The van der Waals surface area contributed by atoms with Gasteiger partial charge in [-0.1, -0.05) is 33.2 Å². The number of piperidine rings is 1. The lowest BCUT2D eigenvalue weighted by Gasteiger charge is -2.24. The van der Waals surface area contributed by atoms with Crippen LogP contribution >= 0.6 is 15.9 Å². The molecule has 1 aliphatic heterocycles. The lowest BCUT2D eigenvalue weighted by molar-refractivity contribution is 0.156. The average molecular weight is 311 g/mol. The summed E-state index contributed by atoms with van der Waals surface area (Å²) in [6.07, 6.45) is 2.25. The van der Waals surface area contributed by atoms with Gasteiger partial charge >= 0.3 is 0 Å². The fraction of sp³-hybridized carbons (Fsp3) is 0.500. The molecule has 3 nitrogen and oxygen atoms in total. The van der Waals surface area contributed by atoms with E-state index in [1.54, 1.807) is 0 Å². The third-order valence-corrected chi connectivity index (χ3v) is 3.69. The predicted molar refractivity (Wildman–Crippen MR) is 77.9 cm³/mol. The number of hydrogen-bond acceptors (Lipinski definition) is 3. The molecule has 0 aliphatic carbocycles. The maximum atomic E-state index is 5.29. The second-order valence-corrected chi connectivity index (χ2v) is 5.34. The van der Waals surface area contributed by atoms with Gasteiger partial charge in [0.15, 0.2) is 0 Å². The number of rotatable bonds is 4. The highest BCUT2D eigenvalue weighted by Gasteiger charge is 2.21. The van der Waals surface area contributed by atoms with Crippen molar-refractivity contribution in [2.75, 3.05) is 19.7 Å². The largest absolute Gasteiger partial charge is 0.396 e. The van der Waals surface area contributed by atoms with Gasteiger partial charge in [-0.2, -0.15) is 0 Å². The van der Waals surface area contributed by atoms with Crippen molar-refractivity contribution in [2.24, 2.45) is 11.1 Å². The van der Waals surface area contributed by atoms with E-state index in [2.05, 4.69) is 50.7 Å². The minimum absolute atomic E-state index is 0.499. The maximum Gasteiger partial charge on any atom is 0.114 e. The summed E-state index contributed by atoms with van der Waals surface area (Å²) in [5.41, 5.74) is 2.25. The normalized spacial score (nSPS) is 17.8. The molecule has 0 radical (unpaired) electrons. The molecule has 0 saturated carbocycles. The Morgan fingerprint density at radius 3 is 2.61 bits per heavy atom. The highest BCUT2D eigenvalue weighted by molar-refractivity contribution is 9.10. The zero-order valence-corrected chi connectivity index (χ0v) is 12.2. The first-order chi connectivity index (χ1) is 8.81. The topological polar surface area (TPSA) is 33.6 Å². The lowest BCUT2D eigenvalue weighted by Crippen LogP contribution is -2.32. The van der Waals surface area contributed by atoms with E-state index in [1.807, 2.05) is 6.92 Å². The summed E-state index contributed by atoms with van der Waals surface area (Å²) in [5.74, 6) is 0.499. The number of nitrogens with zero attached hydrogens (tertiary/aromatic N) is 1. The molecule has 1 saturated heterocycles. The standard InChI is InChI=1S/C14H19BrN2O/c1-2-18-17-14(12-7-9-16-10-8-12)11-3-5-13(15)6-4-11/h3-6,12,16H,2,7-10H2,1H3/b17-14+. The molecule has 1 aliphatic rings. The first kappa shape index (κ1) is 13.6. The quantitative estimate of drug-likeness (QED) is 0.684. The summed E-state index contributed by atoms with van der Waals surface area (Å²) in [7, 11) is 0. The highest BCUT2D eigenvalue weighted by Crippen LogP contribution is 2.21. The molecule has 98 valence electrons. The maximum absolute atomic E-state index is 5.29. The van der Waals surface area contributed by atoms with Gasteiger partial charge in [0.2, 0.25) is 0 Å². The Balaban J connectivity index is 2.21.